The molecule has 2 amide bonds. The van der Waals surface area contributed by atoms with Crippen molar-refractivity contribution in [2.45, 2.75) is 24.9 Å². The summed E-state index contributed by atoms with van der Waals surface area (Å²) in [5, 5.41) is 15.2. The molecule has 8 heteroatoms. The van der Waals surface area contributed by atoms with E-state index in [0.29, 0.717) is 34.8 Å². The average molecular weight is 479 g/mol. The van der Waals surface area contributed by atoms with Crippen LogP contribution in [0.4, 0.5) is 16.2 Å². The highest BCUT2D eigenvalue weighted by Crippen LogP contribution is 2.36. The number of rotatable bonds is 6. The summed E-state index contributed by atoms with van der Waals surface area (Å²) in [6.07, 6.45) is 0.498. The van der Waals surface area contributed by atoms with E-state index in [0.717, 1.165) is 16.7 Å². The van der Waals surface area contributed by atoms with Crippen LogP contribution in [0.25, 0.3) is 11.1 Å². The van der Waals surface area contributed by atoms with Crippen molar-refractivity contribution >= 4 is 40.8 Å². The Morgan fingerprint density at radius 2 is 1.71 bits per heavy atom. The van der Waals surface area contributed by atoms with E-state index in [-0.39, 0.29) is 18.2 Å². The van der Waals surface area contributed by atoms with Gasteiger partial charge in [-0.15, -0.1) is 0 Å². The Kier molecular flexibility index (Phi) is 6.68. The molecule has 0 saturated carbocycles. The maximum absolute atomic E-state index is 13.0. The van der Waals surface area contributed by atoms with Crippen LogP contribution in [-0.4, -0.2) is 35.6 Å². The summed E-state index contributed by atoms with van der Waals surface area (Å²) in [5.74, 6) is -1.36. The van der Waals surface area contributed by atoms with Gasteiger partial charge in [0.25, 0.3) is 0 Å². The molecule has 0 aromatic heterocycles. The van der Waals surface area contributed by atoms with E-state index in [2.05, 4.69) is 10.6 Å². The van der Waals surface area contributed by atoms with Crippen LogP contribution < -0.4 is 10.6 Å². The number of aliphatic carboxylic acids is 1. The molecule has 3 N–H and O–H groups in total. The average Bonchev–Trinajstić information content (AvgIpc) is 2.81. The monoisotopic (exact) mass is 478 g/mol. The highest BCUT2D eigenvalue weighted by Gasteiger charge is 2.44. The van der Waals surface area contributed by atoms with Crippen LogP contribution in [0.15, 0.2) is 66.7 Å². The number of aryl methyl sites for hydroxylation is 1. The van der Waals surface area contributed by atoms with Gasteiger partial charge in [-0.25, -0.2) is 4.79 Å². The number of hydrogen-bond acceptors (Lipinski definition) is 4. The molecule has 7 nitrogen and oxygen atoms in total. The smallest absolute Gasteiger partial charge is 0.323 e. The van der Waals surface area contributed by atoms with E-state index in [4.69, 9.17) is 16.3 Å². The van der Waals surface area contributed by atoms with Gasteiger partial charge >= 0.3 is 12.0 Å². The minimum absolute atomic E-state index is 0.296. The Bertz CT molecular complexity index is 1260. The first-order valence-electron chi connectivity index (χ1n) is 10.7. The van der Waals surface area contributed by atoms with Gasteiger partial charge in [0.2, 0.25) is 0 Å². The fourth-order valence-electron chi connectivity index (χ4n) is 4.18. The number of nitrogens with one attached hydrogen (secondary N) is 2. The largest absolute Gasteiger partial charge is 0.481 e. The number of fused-ring (bicyclic) bond motifs is 1. The number of halogens is 1. The van der Waals surface area contributed by atoms with Crippen molar-refractivity contribution in [2.24, 2.45) is 0 Å². The number of anilines is 2. The van der Waals surface area contributed by atoms with E-state index >= 15 is 0 Å². The molecule has 0 fully saturated rings. The van der Waals surface area contributed by atoms with Crippen molar-refractivity contribution in [3.63, 3.8) is 0 Å². The first-order valence-corrected chi connectivity index (χ1v) is 11.1. The van der Waals surface area contributed by atoms with Crippen molar-refractivity contribution in [1.29, 1.82) is 0 Å². The molecule has 0 bridgehead atoms. The van der Waals surface area contributed by atoms with Crippen LogP contribution in [0.2, 0.25) is 5.02 Å². The lowest BCUT2D eigenvalue weighted by molar-refractivity contribution is -0.142. The number of carbonyl (C=O) groups is 3. The highest BCUT2D eigenvalue weighted by atomic mass is 35.5. The van der Waals surface area contributed by atoms with Gasteiger partial charge in [-0.2, -0.15) is 0 Å². The quantitative estimate of drug-likeness (QED) is 0.425. The summed E-state index contributed by atoms with van der Waals surface area (Å²) in [6.45, 7) is 0. The Labute approximate surface area is 201 Å². The molecule has 0 radical (unpaired) electrons. The normalized spacial score (nSPS) is 17.1. The molecule has 0 aliphatic heterocycles. The third-order valence-corrected chi connectivity index (χ3v) is 6.18. The van der Waals surface area contributed by atoms with Crippen LogP contribution in [-0.2, 0) is 16.0 Å². The maximum Gasteiger partial charge on any atom is 0.323 e. The van der Waals surface area contributed by atoms with Crippen LogP contribution in [0, 0.1) is 0 Å². The zero-order valence-corrected chi connectivity index (χ0v) is 19.2. The number of urea groups is 1. The molecule has 1 atom stereocenters. The number of methoxy groups -OCH3 is 1. The Balaban J connectivity index is 1.47. The molecule has 3 aromatic carbocycles. The predicted octanol–water partition coefficient (Wildman–Crippen LogP) is 5.64. The second kappa shape index (κ2) is 9.67. The molecule has 1 unspecified atom stereocenters. The number of Topliss-reactive ketones (excluding diaryl/α,β-unsaturated/α-hetero) is 1. The van der Waals surface area contributed by atoms with Gasteiger partial charge in [0.05, 0.1) is 6.42 Å². The lowest BCUT2D eigenvalue weighted by Gasteiger charge is -2.34. The minimum Gasteiger partial charge on any atom is -0.481 e. The number of ether oxygens (including phenoxy) is 1. The van der Waals surface area contributed by atoms with Crippen molar-refractivity contribution in [1.82, 2.24) is 0 Å². The van der Waals surface area contributed by atoms with Crippen molar-refractivity contribution in [2.75, 3.05) is 17.7 Å². The second-order valence-corrected chi connectivity index (χ2v) is 8.57. The van der Waals surface area contributed by atoms with Gasteiger partial charge in [0, 0.05) is 29.1 Å². The predicted molar refractivity (Wildman–Crippen MR) is 131 cm³/mol. The molecular formula is C26H23ClN2O5. The lowest BCUT2D eigenvalue weighted by Crippen LogP contribution is -2.46. The molecular weight excluding hydrogens is 456 g/mol. The Hall–Kier alpha value is -3.68. The lowest BCUT2D eigenvalue weighted by atomic mass is 9.76. The first-order chi connectivity index (χ1) is 16.3. The number of carboxylic acid groups (broad SMARTS) is 1. The van der Waals surface area contributed by atoms with Gasteiger partial charge in [0.15, 0.2) is 5.78 Å². The molecule has 4 rings (SSSR count). The number of ketones is 1. The highest BCUT2D eigenvalue weighted by molar-refractivity contribution is 6.30. The SMILES string of the molecule is COC1(CC(=O)O)CCc2cc(-c3ccc(NC(=O)Nc4cccc(Cl)c4)cc3)ccc2C1=O. The van der Waals surface area contributed by atoms with Crippen LogP contribution in [0.3, 0.4) is 0 Å². The molecule has 0 heterocycles. The summed E-state index contributed by atoms with van der Waals surface area (Å²) in [7, 11) is 1.38. The van der Waals surface area contributed by atoms with Gasteiger partial charge in [-0.3, -0.25) is 9.59 Å². The molecule has 0 saturated heterocycles. The Morgan fingerprint density at radius 3 is 2.38 bits per heavy atom. The number of carboxylic acids is 1. The number of amides is 2. The second-order valence-electron chi connectivity index (χ2n) is 8.14. The summed E-state index contributed by atoms with van der Waals surface area (Å²) in [6, 6.07) is 19.3. The third kappa shape index (κ3) is 4.95. The van der Waals surface area contributed by atoms with E-state index < -0.39 is 11.6 Å². The van der Waals surface area contributed by atoms with E-state index in [1.807, 2.05) is 24.3 Å². The third-order valence-electron chi connectivity index (χ3n) is 5.95. The summed E-state index contributed by atoms with van der Waals surface area (Å²) < 4.78 is 5.39. The summed E-state index contributed by atoms with van der Waals surface area (Å²) in [4.78, 5) is 36.5. The van der Waals surface area contributed by atoms with Crippen molar-refractivity contribution in [3.05, 3.63) is 82.9 Å². The van der Waals surface area contributed by atoms with E-state index in [1.165, 1.54) is 7.11 Å². The van der Waals surface area contributed by atoms with Crippen molar-refractivity contribution in [3.8, 4) is 11.1 Å². The van der Waals surface area contributed by atoms with Gasteiger partial charge < -0.3 is 20.5 Å². The van der Waals surface area contributed by atoms with Crippen molar-refractivity contribution < 1.29 is 24.2 Å². The maximum atomic E-state index is 13.0. The molecule has 1 aliphatic carbocycles. The minimum atomic E-state index is -1.32. The van der Waals surface area contributed by atoms with Gasteiger partial charge in [-0.1, -0.05) is 48.0 Å². The van der Waals surface area contributed by atoms with Crippen LogP contribution >= 0.6 is 11.6 Å². The van der Waals surface area contributed by atoms with Crippen LogP contribution in [0.5, 0.6) is 0 Å². The zero-order valence-electron chi connectivity index (χ0n) is 18.4. The first kappa shape index (κ1) is 23.5. The summed E-state index contributed by atoms with van der Waals surface area (Å²) >= 11 is 5.94. The number of hydrogen-bond donors (Lipinski definition) is 3. The standard InChI is InChI=1S/C26H23ClN2O5/c1-34-26(15-23(30)31)12-11-18-13-17(7-10-22(18)24(26)32)16-5-8-20(9-6-16)28-25(33)29-21-4-2-3-19(27)14-21/h2-10,13-14H,11-12,15H2,1H3,(H,30,31)(H2,28,29,33). The van der Waals surface area contributed by atoms with E-state index in [9.17, 15) is 19.5 Å². The fourth-order valence-corrected chi connectivity index (χ4v) is 4.37. The molecule has 1 aliphatic rings. The topological polar surface area (TPSA) is 105 Å². The molecule has 3 aromatic rings. The fraction of sp³-hybridized carbons (Fsp3) is 0.192. The number of carbonyl (C=O) groups excluding carboxylic acids is 2. The zero-order chi connectivity index (χ0) is 24.3. The van der Waals surface area contributed by atoms with Crippen LogP contribution in [0.1, 0.15) is 28.8 Å². The molecule has 34 heavy (non-hydrogen) atoms. The Morgan fingerprint density at radius 1 is 1.00 bits per heavy atom. The molecule has 0 spiro atoms. The molecule has 174 valence electrons. The van der Waals surface area contributed by atoms with E-state index in [1.54, 1.807) is 42.5 Å². The number of benzene rings is 3. The summed E-state index contributed by atoms with van der Waals surface area (Å²) in [5.41, 5.74) is 3.09. The van der Waals surface area contributed by atoms with Gasteiger partial charge in [0.1, 0.15) is 5.60 Å². The van der Waals surface area contributed by atoms with Gasteiger partial charge in [-0.05, 0) is 59.9 Å².